The number of nitrogens with two attached hydrogens (primary N) is 1. The molecule has 0 atom stereocenters. The summed E-state index contributed by atoms with van der Waals surface area (Å²) in [5.41, 5.74) is 4.79. The van der Waals surface area contributed by atoms with Gasteiger partial charge in [-0.25, -0.2) is 18.4 Å². The van der Waals surface area contributed by atoms with Crippen molar-refractivity contribution in [2.45, 2.75) is 0 Å². The summed E-state index contributed by atoms with van der Waals surface area (Å²) >= 11 is 5.70. The molecule has 14 heteroatoms. The maximum atomic E-state index is 13.2. The fourth-order valence-corrected chi connectivity index (χ4v) is 2.47. The van der Waals surface area contributed by atoms with Crippen molar-refractivity contribution in [3.8, 4) is 0 Å². The Bertz CT molecular complexity index is 1010. The van der Waals surface area contributed by atoms with E-state index in [1.807, 2.05) is 0 Å². The number of hydrogen-bond acceptors (Lipinski definition) is 6. The quantitative estimate of drug-likeness (QED) is 0.226. The Morgan fingerprint density at radius 2 is 1.50 bits per heavy atom. The molecule has 0 aliphatic carbocycles. The Kier molecular flexibility index (Phi) is 10.9. The third kappa shape index (κ3) is 7.93. The minimum absolute atomic E-state index is 0. The minimum atomic E-state index is -1.28. The average Bonchev–Trinajstić information content (AvgIpc) is 2.60. The number of nitrogen functional groups attached to an aromatic ring is 1. The molecule has 0 fully saturated rings. The molecule has 0 spiro atoms. The Labute approximate surface area is 190 Å². The number of nitro groups is 1. The first kappa shape index (κ1) is 27.2. The highest BCUT2D eigenvalue weighted by atomic mass is 79.9. The van der Waals surface area contributed by atoms with Gasteiger partial charge in [0.05, 0.1) is 36.9 Å². The first-order valence-electron chi connectivity index (χ1n) is 7.20. The van der Waals surface area contributed by atoms with Crippen molar-refractivity contribution in [3.63, 3.8) is 0 Å². The molecule has 5 N–H and O–H groups in total. The van der Waals surface area contributed by atoms with Gasteiger partial charge in [0.15, 0.2) is 0 Å². The van der Waals surface area contributed by atoms with E-state index in [1.165, 1.54) is 0 Å². The fourth-order valence-electron chi connectivity index (χ4n) is 1.78. The van der Waals surface area contributed by atoms with Crippen LogP contribution < -0.4 is 11.1 Å². The van der Waals surface area contributed by atoms with Gasteiger partial charge in [-0.05, 0) is 56.1 Å². The number of anilines is 2. The monoisotopic (exact) mass is 573 g/mol. The molecule has 0 saturated carbocycles. The second kappa shape index (κ2) is 12.0. The van der Waals surface area contributed by atoms with Crippen LogP contribution in [0.5, 0.6) is 0 Å². The number of aromatic carboxylic acids is 2. The van der Waals surface area contributed by atoms with E-state index in [-0.39, 0.29) is 43.9 Å². The van der Waals surface area contributed by atoms with Crippen LogP contribution in [-0.2, 0) is 0 Å². The first-order chi connectivity index (χ1) is 13.4. The summed E-state index contributed by atoms with van der Waals surface area (Å²) in [7, 11) is 0. The van der Waals surface area contributed by atoms with Crippen LogP contribution in [-0.4, -0.2) is 27.1 Å². The third-order valence-electron chi connectivity index (χ3n) is 3.05. The molecule has 0 bridgehead atoms. The average molecular weight is 576 g/mol. The van der Waals surface area contributed by atoms with Crippen LogP contribution in [0, 0.1) is 21.7 Å². The molecular formula is C16H12Br2ClF2N3O6. The second-order valence-corrected chi connectivity index (χ2v) is 6.73. The number of carboxylic acids is 2. The standard InChI is InChI=1S/C9H6BrFN2O4.C7H5BrFNO2.ClH/c10-6-3-5(9(14)15)8(4-7(6)11)12-1-2-13(16)17;8-4-1-3(7(11)12)6(10)2-5(4)9;/h1-4,12H,(H,14,15);1-2H,10H2,(H,11,12);1H/b2-1+;;. The normalized spacial score (nSPS) is 9.87. The van der Waals surface area contributed by atoms with Crippen molar-refractivity contribution >= 4 is 67.6 Å². The predicted molar refractivity (Wildman–Crippen MR) is 114 cm³/mol. The number of benzene rings is 2. The Morgan fingerprint density at radius 3 is 1.97 bits per heavy atom. The molecule has 0 aliphatic rings. The maximum absolute atomic E-state index is 13.2. The van der Waals surface area contributed by atoms with Crippen molar-refractivity contribution in [3.05, 3.63) is 78.5 Å². The van der Waals surface area contributed by atoms with Crippen molar-refractivity contribution in [1.29, 1.82) is 0 Å². The lowest BCUT2D eigenvalue weighted by Crippen LogP contribution is -2.03. The zero-order valence-corrected chi connectivity index (χ0v) is 18.4. The second-order valence-electron chi connectivity index (χ2n) is 5.02. The van der Waals surface area contributed by atoms with Crippen LogP contribution in [0.4, 0.5) is 20.2 Å². The van der Waals surface area contributed by atoms with Crippen LogP contribution in [0.3, 0.4) is 0 Å². The Hall–Kier alpha value is -2.77. The molecule has 162 valence electrons. The zero-order chi connectivity index (χ0) is 22.3. The smallest absolute Gasteiger partial charge is 0.337 e. The van der Waals surface area contributed by atoms with Gasteiger partial charge < -0.3 is 21.3 Å². The van der Waals surface area contributed by atoms with E-state index in [1.54, 1.807) is 0 Å². The molecule has 2 aromatic rings. The molecule has 0 heterocycles. The minimum Gasteiger partial charge on any atom is -0.478 e. The number of halogens is 5. The van der Waals surface area contributed by atoms with E-state index >= 15 is 0 Å². The summed E-state index contributed by atoms with van der Waals surface area (Å²) in [6.45, 7) is 0. The molecule has 0 aromatic heterocycles. The van der Waals surface area contributed by atoms with Gasteiger partial charge in [0.1, 0.15) is 11.6 Å². The van der Waals surface area contributed by atoms with Gasteiger partial charge in [-0.2, -0.15) is 0 Å². The largest absolute Gasteiger partial charge is 0.478 e. The van der Waals surface area contributed by atoms with Gasteiger partial charge >= 0.3 is 11.9 Å². The van der Waals surface area contributed by atoms with Crippen LogP contribution >= 0.6 is 44.3 Å². The van der Waals surface area contributed by atoms with Gasteiger partial charge in [0.25, 0.3) is 0 Å². The summed E-state index contributed by atoms with van der Waals surface area (Å²) in [5, 5.41) is 29.7. The van der Waals surface area contributed by atoms with Gasteiger partial charge in [0.2, 0.25) is 6.20 Å². The van der Waals surface area contributed by atoms with E-state index in [4.69, 9.17) is 15.9 Å². The lowest BCUT2D eigenvalue weighted by molar-refractivity contribution is -0.402. The van der Waals surface area contributed by atoms with Crippen molar-refractivity contribution in [2.24, 2.45) is 0 Å². The van der Waals surface area contributed by atoms with Crippen molar-refractivity contribution < 1.29 is 33.5 Å². The summed E-state index contributed by atoms with van der Waals surface area (Å²) in [5.74, 6) is -3.69. The lowest BCUT2D eigenvalue weighted by Gasteiger charge is -2.06. The van der Waals surface area contributed by atoms with Crippen LogP contribution in [0.15, 0.2) is 45.6 Å². The number of nitrogens with zero attached hydrogens (tertiary/aromatic N) is 1. The number of carboxylic acid groups (broad SMARTS) is 2. The molecule has 0 saturated heterocycles. The summed E-state index contributed by atoms with van der Waals surface area (Å²) in [4.78, 5) is 30.6. The molecule has 2 rings (SSSR count). The SMILES string of the molecule is Cl.Nc1cc(F)c(Br)cc1C(=O)O.O=C(O)c1cc(Br)c(F)cc1N/C=C/[N+](=O)[O-]. The lowest BCUT2D eigenvalue weighted by atomic mass is 10.2. The van der Waals surface area contributed by atoms with E-state index in [2.05, 4.69) is 37.2 Å². The Balaban J connectivity index is 0.000000573. The number of rotatable bonds is 5. The van der Waals surface area contributed by atoms with Crippen molar-refractivity contribution in [2.75, 3.05) is 11.1 Å². The molecule has 0 amide bonds. The molecule has 9 nitrogen and oxygen atoms in total. The van der Waals surface area contributed by atoms with Crippen LogP contribution in [0.1, 0.15) is 20.7 Å². The molecule has 30 heavy (non-hydrogen) atoms. The van der Waals surface area contributed by atoms with Gasteiger partial charge in [-0.1, -0.05) is 0 Å². The van der Waals surface area contributed by atoms with Crippen molar-refractivity contribution in [1.82, 2.24) is 0 Å². The number of carbonyl (C=O) groups is 2. The summed E-state index contributed by atoms with van der Waals surface area (Å²) < 4.78 is 26.0. The van der Waals surface area contributed by atoms with Crippen LogP contribution in [0.2, 0.25) is 0 Å². The van der Waals surface area contributed by atoms with Crippen LogP contribution in [0.25, 0.3) is 0 Å². The number of hydrogen-bond donors (Lipinski definition) is 4. The van der Waals surface area contributed by atoms with Gasteiger partial charge in [-0.15, -0.1) is 12.4 Å². The highest BCUT2D eigenvalue weighted by Crippen LogP contribution is 2.25. The van der Waals surface area contributed by atoms with Gasteiger partial charge in [0, 0.05) is 5.69 Å². The van der Waals surface area contributed by atoms with E-state index in [9.17, 15) is 28.5 Å². The van der Waals surface area contributed by atoms with E-state index < -0.39 is 28.5 Å². The molecular weight excluding hydrogens is 563 g/mol. The maximum Gasteiger partial charge on any atom is 0.337 e. The highest BCUT2D eigenvalue weighted by molar-refractivity contribution is 9.10. The summed E-state index contributed by atoms with van der Waals surface area (Å²) in [6, 6.07) is 4.10. The number of nitrogens with one attached hydrogen (secondary N) is 1. The van der Waals surface area contributed by atoms with E-state index in [0.29, 0.717) is 6.20 Å². The van der Waals surface area contributed by atoms with E-state index in [0.717, 1.165) is 30.5 Å². The molecule has 2 aromatic carbocycles. The highest BCUT2D eigenvalue weighted by Gasteiger charge is 2.13. The fraction of sp³-hybridized carbons (Fsp3) is 0. The Morgan fingerprint density at radius 1 is 1.03 bits per heavy atom. The molecule has 0 radical (unpaired) electrons. The first-order valence-corrected chi connectivity index (χ1v) is 8.79. The molecule has 0 unspecified atom stereocenters. The summed E-state index contributed by atoms with van der Waals surface area (Å²) in [6.07, 6.45) is 1.49. The third-order valence-corrected chi connectivity index (χ3v) is 4.26. The topological polar surface area (TPSA) is 156 Å². The molecule has 0 aliphatic heterocycles. The zero-order valence-electron chi connectivity index (χ0n) is 14.4. The van der Waals surface area contributed by atoms with Gasteiger partial charge in [-0.3, -0.25) is 10.1 Å². The predicted octanol–water partition coefficient (Wildman–Crippen LogP) is 4.74.